The van der Waals surface area contributed by atoms with Crippen molar-refractivity contribution in [1.29, 1.82) is 0 Å². The Kier molecular flexibility index (Phi) is 6.36. The highest BCUT2D eigenvalue weighted by Crippen LogP contribution is 2.24. The smallest absolute Gasteiger partial charge is 0.480 e. The summed E-state index contributed by atoms with van der Waals surface area (Å²) in [6, 6.07) is 3.72. The van der Waals surface area contributed by atoms with Gasteiger partial charge in [-0.3, -0.25) is 0 Å². The van der Waals surface area contributed by atoms with Crippen molar-refractivity contribution in [2.24, 2.45) is 0 Å². The maximum atomic E-state index is 12.1. The van der Waals surface area contributed by atoms with Crippen LogP contribution in [0.3, 0.4) is 0 Å². The number of benzene rings is 1. The molecule has 1 rings (SSSR count). The molecule has 0 aliphatic heterocycles. The molecule has 0 spiro atoms. The van der Waals surface area contributed by atoms with Crippen LogP contribution in [-0.2, 0) is 19.6 Å². The van der Waals surface area contributed by atoms with E-state index in [9.17, 15) is 26.4 Å². The molecule has 11 heteroatoms. The Balaban J connectivity index is 2.70. The second-order valence-corrected chi connectivity index (χ2v) is 6.34. The Morgan fingerprint density at radius 1 is 1.26 bits per heavy atom. The number of hydrogen-bond acceptors (Lipinski definition) is 5. The van der Waals surface area contributed by atoms with Gasteiger partial charge in [-0.05, 0) is 24.3 Å². The number of hydrogen-bond donors (Lipinski definition) is 1. The highest BCUT2D eigenvalue weighted by molar-refractivity contribution is 7.89. The van der Waals surface area contributed by atoms with Gasteiger partial charge < -0.3 is 14.6 Å². The maximum absolute atomic E-state index is 12.1. The number of carboxylic acids is 1. The topological polar surface area (TPSA) is 93.1 Å². The molecule has 0 saturated carbocycles. The van der Waals surface area contributed by atoms with Crippen molar-refractivity contribution in [2.45, 2.75) is 11.3 Å². The SMILES string of the molecule is CN(CCOCC(=O)O)S(=O)(=O)c1ccc(OC(F)(F)F)cc1. The summed E-state index contributed by atoms with van der Waals surface area (Å²) >= 11 is 0. The number of alkyl halides is 3. The lowest BCUT2D eigenvalue weighted by Gasteiger charge is -2.17. The largest absolute Gasteiger partial charge is 0.573 e. The number of rotatable bonds is 8. The molecule has 0 amide bonds. The maximum Gasteiger partial charge on any atom is 0.573 e. The molecule has 1 aromatic rings. The van der Waals surface area contributed by atoms with Crippen LogP contribution in [0.1, 0.15) is 0 Å². The van der Waals surface area contributed by atoms with Crippen molar-refractivity contribution in [2.75, 3.05) is 26.8 Å². The third-order valence-electron chi connectivity index (χ3n) is 2.54. The van der Waals surface area contributed by atoms with E-state index in [1.807, 2.05) is 0 Å². The lowest BCUT2D eigenvalue weighted by Crippen LogP contribution is -2.30. The predicted molar refractivity (Wildman–Crippen MR) is 71.4 cm³/mol. The number of carbonyl (C=O) groups is 1. The van der Waals surface area contributed by atoms with Crippen LogP contribution in [0.2, 0.25) is 0 Å². The summed E-state index contributed by atoms with van der Waals surface area (Å²) < 4.78 is 69.6. The summed E-state index contributed by atoms with van der Waals surface area (Å²) in [7, 11) is -2.70. The standard InChI is InChI=1S/C12H14F3NO6S/c1-16(6-7-21-8-11(17)18)23(19,20)10-4-2-9(3-5-10)22-12(13,14)15/h2-5H,6-8H2,1H3,(H,17,18). The van der Waals surface area contributed by atoms with Crippen molar-refractivity contribution < 1.29 is 41.0 Å². The first-order chi connectivity index (χ1) is 10.5. The van der Waals surface area contributed by atoms with Crippen LogP contribution >= 0.6 is 0 Å². The zero-order valence-corrected chi connectivity index (χ0v) is 12.7. The molecule has 0 fully saturated rings. The summed E-state index contributed by atoms with van der Waals surface area (Å²) in [5.41, 5.74) is 0. The van der Waals surface area contributed by atoms with Gasteiger partial charge >= 0.3 is 12.3 Å². The third-order valence-corrected chi connectivity index (χ3v) is 4.41. The molecular formula is C12H14F3NO6S. The summed E-state index contributed by atoms with van der Waals surface area (Å²) in [5.74, 6) is -1.72. The predicted octanol–water partition coefficient (Wildman–Crippen LogP) is 1.31. The summed E-state index contributed by atoms with van der Waals surface area (Å²) in [4.78, 5) is 10.0. The number of nitrogens with zero attached hydrogens (tertiary/aromatic N) is 1. The Labute approximate surface area is 130 Å². The van der Waals surface area contributed by atoms with Gasteiger partial charge in [0.1, 0.15) is 12.4 Å². The molecule has 0 bridgehead atoms. The van der Waals surface area contributed by atoms with Gasteiger partial charge in [0.05, 0.1) is 11.5 Å². The molecular weight excluding hydrogens is 343 g/mol. The van der Waals surface area contributed by atoms with Crippen molar-refractivity contribution in [3.05, 3.63) is 24.3 Å². The Hall–Kier alpha value is -1.85. The second-order valence-electron chi connectivity index (χ2n) is 4.29. The molecule has 0 aliphatic carbocycles. The van der Waals surface area contributed by atoms with Crippen LogP contribution in [-0.4, -0.2) is 57.0 Å². The monoisotopic (exact) mass is 357 g/mol. The average molecular weight is 357 g/mol. The average Bonchev–Trinajstić information content (AvgIpc) is 2.42. The quantitative estimate of drug-likeness (QED) is 0.705. The van der Waals surface area contributed by atoms with E-state index in [0.717, 1.165) is 28.6 Å². The molecule has 0 saturated heterocycles. The van der Waals surface area contributed by atoms with E-state index in [-0.39, 0.29) is 18.0 Å². The number of likely N-dealkylation sites (N-methyl/N-ethyl adjacent to an activating group) is 1. The first-order valence-corrected chi connectivity index (χ1v) is 7.58. The molecule has 1 N–H and O–H groups in total. The molecule has 0 aliphatic rings. The number of ether oxygens (including phenoxy) is 2. The molecule has 0 radical (unpaired) electrons. The Morgan fingerprint density at radius 3 is 2.30 bits per heavy atom. The van der Waals surface area contributed by atoms with Gasteiger partial charge in [0, 0.05) is 13.6 Å². The Bertz CT molecular complexity index is 629. The first-order valence-electron chi connectivity index (χ1n) is 6.14. The number of sulfonamides is 1. The fourth-order valence-corrected chi connectivity index (χ4v) is 2.62. The highest BCUT2D eigenvalue weighted by Gasteiger charge is 2.31. The Morgan fingerprint density at radius 2 is 1.83 bits per heavy atom. The van der Waals surface area contributed by atoms with Gasteiger partial charge in [-0.25, -0.2) is 13.2 Å². The molecule has 7 nitrogen and oxygen atoms in total. The number of carboxylic acid groups (broad SMARTS) is 1. The van der Waals surface area contributed by atoms with Gasteiger partial charge in [-0.1, -0.05) is 0 Å². The molecule has 130 valence electrons. The fraction of sp³-hybridized carbons (Fsp3) is 0.417. The van der Waals surface area contributed by atoms with Crippen LogP contribution < -0.4 is 4.74 Å². The van der Waals surface area contributed by atoms with Crippen LogP contribution in [0.25, 0.3) is 0 Å². The molecule has 0 aromatic heterocycles. The minimum atomic E-state index is -4.86. The van der Waals surface area contributed by atoms with Crippen LogP contribution in [0.15, 0.2) is 29.2 Å². The van der Waals surface area contributed by atoms with Gasteiger partial charge in [-0.15, -0.1) is 13.2 Å². The van der Waals surface area contributed by atoms with Crippen LogP contribution in [0.5, 0.6) is 5.75 Å². The van der Waals surface area contributed by atoms with E-state index in [0.29, 0.717) is 0 Å². The van der Waals surface area contributed by atoms with Gasteiger partial charge in [0.2, 0.25) is 10.0 Å². The van der Waals surface area contributed by atoms with Crippen molar-refractivity contribution in [3.63, 3.8) is 0 Å². The minimum Gasteiger partial charge on any atom is -0.480 e. The van der Waals surface area contributed by atoms with Crippen molar-refractivity contribution in [3.8, 4) is 5.75 Å². The summed E-state index contributed by atoms with van der Waals surface area (Å²) in [6.07, 6.45) is -4.86. The van der Waals surface area contributed by atoms with Crippen molar-refractivity contribution >= 4 is 16.0 Å². The summed E-state index contributed by atoms with van der Waals surface area (Å²) in [6.45, 7) is -0.814. The van der Waals surface area contributed by atoms with Gasteiger partial charge in [0.15, 0.2) is 0 Å². The molecule has 0 heterocycles. The highest BCUT2D eigenvalue weighted by atomic mass is 32.2. The molecule has 1 aromatic carbocycles. The first kappa shape index (κ1) is 19.2. The number of aliphatic carboxylic acids is 1. The van der Waals surface area contributed by atoms with E-state index in [1.165, 1.54) is 7.05 Å². The lowest BCUT2D eigenvalue weighted by molar-refractivity contribution is -0.274. The molecule has 0 unspecified atom stereocenters. The molecule has 23 heavy (non-hydrogen) atoms. The third kappa shape index (κ3) is 6.42. The van der Waals surface area contributed by atoms with E-state index >= 15 is 0 Å². The lowest BCUT2D eigenvalue weighted by atomic mass is 10.3. The van der Waals surface area contributed by atoms with Gasteiger partial charge in [0.25, 0.3) is 0 Å². The second kappa shape index (κ2) is 7.62. The van der Waals surface area contributed by atoms with E-state index in [4.69, 9.17) is 9.84 Å². The van der Waals surface area contributed by atoms with Crippen molar-refractivity contribution in [1.82, 2.24) is 4.31 Å². The van der Waals surface area contributed by atoms with Gasteiger partial charge in [-0.2, -0.15) is 4.31 Å². The summed E-state index contributed by atoms with van der Waals surface area (Å²) in [5, 5.41) is 8.37. The van der Waals surface area contributed by atoms with Crippen LogP contribution in [0.4, 0.5) is 13.2 Å². The zero-order valence-electron chi connectivity index (χ0n) is 11.9. The zero-order chi connectivity index (χ0) is 17.7. The van der Waals surface area contributed by atoms with E-state index < -0.39 is 34.7 Å². The number of halogens is 3. The fourth-order valence-electron chi connectivity index (χ4n) is 1.47. The van der Waals surface area contributed by atoms with E-state index in [2.05, 4.69) is 4.74 Å². The normalized spacial score (nSPS) is 12.4. The minimum absolute atomic E-state index is 0.115. The van der Waals surface area contributed by atoms with Crippen LogP contribution in [0, 0.1) is 0 Å². The van der Waals surface area contributed by atoms with E-state index in [1.54, 1.807) is 0 Å². The molecule has 0 atom stereocenters.